The molecule has 2 fully saturated rings. The molecule has 2 heterocycles. The van der Waals surface area contributed by atoms with Crippen molar-refractivity contribution in [2.24, 2.45) is 5.41 Å². The number of aldehydes is 1. The normalized spacial score (nSPS) is 34.6. The zero-order chi connectivity index (χ0) is 9.86. The molecular weight excluding hydrogens is 178 g/mol. The predicted molar refractivity (Wildman–Crippen MR) is 54.2 cm³/mol. The van der Waals surface area contributed by atoms with E-state index in [0.29, 0.717) is 6.61 Å². The van der Waals surface area contributed by atoms with Crippen LogP contribution in [0.15, 0.2) is 0 Å². The van der Waals surface area contributed by atoms with E-state index in [1.807, 2.05) is 0 Å². The molecular formula is C11H19NO2. The van der Waals surface area contributed by atoms with Gasteiger partial charge in [-0.2, -0.15) is 0 Å². The lowest BCUT2D eigenvalue weighted by Crippen LogP contribution is -2.43. The van der Waals surface area contributed by atoms with Crippen molar-refractivity contribution in [3.8, 4) is 0 Å². The van der Waals surface area contributed by atoms with Crippen LogP contribution in [0.2, 0.25) is 0 Å². The molecule has 0 amide bonds. The molecule has 0 bridgehead atoms. The standard InChI is InChI=1S/C11H19NO2/c13-9-11(4-3-7-14-10-11)8-12-5-1-2-6-12/h9H,1-8,10H2. The smallest absolute Gasteiger partial charge is 0.129 e. The van der Waals surface area contributed by atoms with E-state index < -0.39 is 0 Å². The topological polar surface area (TPSA) is 29.5 Å². The molecule has 80 valence electrons. The number of ether oxygens (including phenoxy) is 1. The Morgan fingerprint density at radius 2 is 2.07 bits per heavy atom. The molecule has 0 spiro atoms. The summed E-state index contributed by atoms with van der Waals surface area (Å²) in [6, 6.07) is 0. The van der Waals surface area contributed by atoms with Gasteiger partial charge in [-0.15, -0.1) is 0 Å². The highest BCUT2D eigenvalue weighted by Crippen LogP contribution is 2.28. The Kier molecular flexibility index (Phi) is 3.19. The summed E-state index contributed by atoms with van der Waals surface area (Å²) in [6.45, 7) is 4.70. The van der Waals surface area contributed by atoms with E-state index in [1.54, 1.807) is 0 Å². The summed E-state index contributed by atoms with van der Waals surface area (Å²) in [5.74, 6) is 0. The molecule has 0 N–H and O–H groups in total. The van der Waals surface area contributed by atoms with Crippen LogP contribution >= 0.6 is 0 Å². The van der Waals surface area contributed by atoms with Gasteiger partial charge in [-0.25, -0.2) is 0 Å². The van der Waals surface area contributed by atoms with Gasteiger partial charge in [0.05, 0.1) is 12.0 Å². The highest BCUT2D eigenvalue weighted by Gasteiger charge is 2.35. The second-order valence-electron chi connectivity index (χ2n) is 4.62. The van der Waals surface area contributed by atoms with Gasteiger partial charge in [0.15, 0.2) is 0 Å². The van der Waals surface area contributed by atoms with Crippen LogP contribution in [0.4, 0.5) is 0 Å². The summed E-state index contributed by atoms with van der Waals surface area (Å²) < 4.78 is 5.43. The Morgan fingerprint density at radius 3 is 2.64 bits per heavy atom. The van der Waals surface area contributed by atoms with E-state index in [0.717, 1.165) is 45.4 Å². The van der Waals surface area contributed by atoms with E-state index >= 15 is 0 Å². The van der Waals surface area contributed by atoms with Crippen LogP contribution in [0.3, 0.4) is 0 Å². The first kappa shape index (κ1) is 10.1. The molecule has 1 unspecified atom stereocenters. The van der Waals surface area contributed by atoms with E-state index in [-0.39, 0.29) is 5.41 Å². The maximum Gasteiger partial charge on any atom is 0.129 e. The third kappa shape index (κ3) is 2.15. The van der Waals surface area contributed by atoms with Crippen molar-refractivity contribution in [3.63, 3.8) is 0 Å². The number of likely N-dealkylation sites (tertiary alicyclic amines) is 1. The van der Waals surface area contributed by atoms with Crippen molar-refractivity contribution in [2.75, 3.05) is 32.8 Å². The average molecular weight is 197 g/mol. The highest BCUT2D eigenvalue weighted by molar-refractivity contribution is 5.60. The number of nitrogens with zero attached hydrogens (tertiary/aromatic N) is 1. The molecule has 0 aliphatic carbocycles. The first-order valence-corrected chi connectivity index (χ1v) is 5.61. The lowest BCUT2D eigenvalue weighted by molar-refractivity contribution is -0.125. The summed E-state index contributed by atoms with van der Waals surface area (Å²) in [6.07, 6.45) is 5.75. The van der Waals surface area contributed by atoms with Crippen LogP contribution in [0, 0.1) is 5.41 Å². The van der Waals surface area contributed by atoms with Gasteiger partial charge in [0.25, 0.3) is 0 Å². The molecule has 3 heteroatoms. The molecule has 0 aromatic rings. The average Bonchev–Trinajstić information content (AvgIpc) is 2.72. The van der Waals surface area contributed by atoms with Crippen molar-refractivity contribution in [3.05, 3.63) is 0 Å². The predicted octanol–water partition coefficient (Wildman–Crippen LogP) is 1.08. The second-order valence-corrected chi connectivity index (χ2v) is 4.62. The van der Waals surface area contributed by atoms with Gasteiger partial charge in [0.2, 0.25) is 0 Å². The summed E-state index contributed by atoms with van der Waals surface area (Å²) in [5.41, 5.74) is -0.192. The van der Waals surface area contributed by atoms with E-state index in [4.69, 9.17) is 4.74 Å². The van der Waals surface area contributed by atoms with Crippen LogP contribution in [-0.2, 0) is 9.53 Å². The van der Waals surface area contributed by atoms with Crippen LogP contribution in [0.25, 0.3) is 0 Å². The van der Waals surface area contributed by atoms with Crippen molar-refractivity contribution >= 4 is 6.29 Å². The monoisotopic (exact) mass is 197 g/mol. The molecule has 0 aromatic carbocycles. The summed E-state index contributed by atoms with van der Waals surface area (Å²) in [4.78, 5) is 13.6. The number of carbonyl (C=O) groups excluding carboxylic acids is 1. The Balaban J connectivity index is 1.92. The molecule has 2 aliphatic heterocycles. The van der Waals surface area contributed by atoms with Gasteiger partial charge in [-0.3, -0.25) is 0 Å². The first-order chi connectivity index (χ1) is 6.85. The highest BCUT2D eigenvalue weighted by atomic mass is 16.5. The van der Waals surface area contributed by atoms with Crippen LogP contribution in [0.5, 0.6) is 0 Å². The molecule has 2 aliphatic rings. The van der Waals surface area contributed by atoms with E-state index in [1.165, 1.54) is 12.8 Å². The third-order valence-electron chi connectivity index (χ3n) is 3.34. The minimum Gasteiger partial charge on any atom is -0.380 e. The Bertz CT molecular complexity index is 193. The van der Waals surface area contributed by atoms with Crippen molar-refractivity contribution in [1.82, 2.24) is 4.90 Å². The van der Waals surface area contributed by atoms with Gasteiger partial charge < -0.3 is 14.4 Å². The maximum atomic E-state index is 11.2. The minimum absolute atomic E-state index is 0.192. The van der Waals surface area contributed by atoms with Gasteiger partial charge >= 0.3 is 0 Å². The Hall–Kier alpha value is -0.410. The quantitative estimate of drug-likeness (QED) is 0.634. The molecule has 0 aromatic heterocycles. The molecule has 3 nitrogen and oxygen atoms in total. The third-order valence-corrected chi connectivity index (χ3v) is 3.34. The van der Waals surface area contributed by atoms with Crippen LogP contribution in [0.1, 0.15) is 25.7 Å². The van der Waals surface area contributed by atoms with Crippen LogP contribution in [-0.4, -0.2) is 44.0 Å². The maximum absolute atomic E-state index is 11.2. The van der Waals surface area contributed by atoms with E-state index in [9.17, 15) is 4.79 Å². The molecule has 1 atom stereocenters. The Labute approximate surface area is 85.4 Å². The SMILES string of the molecule is O=CC1(CN2CCCC2)CCCOC1. The van der Waals surface area contributed by atoms with Crippen molar-refractivity contribution in [2.45, 2.75) is 25.7 Å². The molecule has 14 heavy (non-hydrogen) atoms. The van der Waals surface area contributed by atoms with Gasteiger partial charge in [-0.1, -0.05) is 0 Å². The fourth-order valence-corrected chi connectivity index (χ4v) is 2.51. The molecule has 0 saturated carbocycles. The van der Waals surface area contributed by atoms with Crippen molar-refractivity contribution < 1.29 is 9.53 Å². The summed E-state index contributed by atoms with van der Waals surface area (Å²) >= 11 is 0. The van der Waals surface area contributed by atoms with Gasteiger partial charge in [-0.05, 0) is 38.8 Å². The molecule has 2 rings (SSSR count). The Morgan fingerprint density at radius 1 is 1.29 bits per heavy atom. The van der Waals surface area contributed by atoms with E-state index in [2.05, 4.69) is 4.90 Å². The zero-order valence-electron chi connectivity index (χ0n) is 8.71. The van der Waals surface area contributed by atoms with Gasteiger partial charge in [0, 0.05) is 13.2 Å². The fourth-order valence-electron chi connectivity index (χ4n) is 2.51. The van der Waals surface area contributed by atoms with Gasteiger partial charge in [0.1, 0.15) is 6.29 Å². The number of hydrogen-bond acceptors (Lipinski definition) is 3. The largest absolute Gasteiger partial charge is 0.380 e. The van der Waals surface area contributed by atoms with Crippen molar-refractivity contribution in [1.29, 1.82) is 0 Å². The summed E-state index contributed by atoms with van der Waals surface area (Å²) in [7, 11) is 0. The lowest BCUT2D eigenvalue weighted by atomic mass is 9.83. The lowest BCUT2D eigenvalue weighted by Gasteiger charge is -2.35. The zero-order valence-corrected chi connectivity index (χ0v) is 8.71. The second kappa shape index (κ2) is 4.41. The number of hydrogen-bond donors (Lipinski definition) is 0. The molecule has 0 radical (unpaired) electrons. The molecule has 2 saturated heterocycles. The number of rotatable bonds is 3. The summed E-state index contributed by atoms with van der Waals surface area (Å²) in [5, 5.41) is 0. The number of carbonyl (C=O) groups is 1. The van der Waals surface area contributed by atoms with Crippen LogP contribution < -0.4 is 0 Å². The minimum atomic E-state index is -0.192. The fraction of sp³-hybridized carbons (Fsp3) is 0.909. The first-order valence-electron chi connectivity index (χ1n) is 5.61.